The Labute approximate surface area is 235 Å². The summed E-state index contributed by atoms with van der Waals surface area (Å²) < 4.78 is 99.0. The minimum absolute atomic E-state index is 0.114. The van der Waals surface area contributed by atoms with Crippen LogP contribution in [0.3, 0.4) is 0 Å². The highest BCUT2D eigenvalue weighted by Gasteiger charge is 2.72. The van der Waals surface area contributed by atoms with Crippen LogP contribution in [-0.4, -0.2) is 64.9 Å². The predicted octanol–water partition coefficient (Wildman–Crippen LogP) is 5.77. The van der Waals surface area contributed by atoms with Crippen LogP contribution in [0.4, 0.5) is 36.4 Å². The SMILES string of the molecule is CSc1ccc2c(c1)CN(C(C)=O)C2C(=O)Nc1ccc(C(CC(=O)N2CC(C)(F)C2)(C(F)(F)F)C(F)(F)F)cc1. The molecule has 0 spiro atoms. The van der Waals surface area contributed by atoms with Crippen molar-refractivity contribution in [3.8, 4) is 0 Å². The number of hydrogen-bond acceptors (Lipinski definition) is 4. The number of alkyl halides is 7. The Balaban J connectivity index is 1.62. The van der Waals surface area contributed by atoms with E-state index in [1.807, 2.05) is 12.3 Å². The third-order valence-corrected chi connectivity index (χ3v) is 8.10. The molecule has 3 amide bonds. The quantitative estimate of drug-likeness (QED) is 0.335. The molecular weight excluding hydrogens is 579 g/mol. The van der Waals surface area contributed by atoms with E-state index in [1.165, 1.54) is 23.6 Å². The molecule has 0 bridgehead atoms. The molecule has 6 nitrogen and oxygen atoms in total. The molecule has 0 radical (unpaired) electrons. The monoisotopic (exact) mass is 605 g/mol. The molecule has 0 aliphatic carbocycles. The Hall–Kier alpha value is -3.29. The minimum Gasteiger partial charge on any atom is -0.336 e. The zero-order valence-electron chi connectivity index (χ0n) is 22.1. The van der Waals surface area contributed by atoms with Gasteiger partial charge in [0.15, 0.2) is 5.41 Å². The van der Waals surface area contributed by atoms with Gasteiger partial charge in [-0.25, -0.2) is 4.39 Å². The molecule has 2 aliphatic rings. The van der Waals surface area contributed by atoms with Crippen LogP contribution in [0.25, 0.3) is 0 Å². The van der Waals surface area contributed by atoms with Crippen molar-refractivity contribution >= 4 is 35.2 Å². The van der Waals surface area contributed by atoms with E-state index in [0.717, 1.165) is 29.5 Å². The second-order valence-electron chi connectivity index (χ2n) is 10.4. The smallest absolute Gasteiger partial charge is 0.336 e. The fraction of sp³-hybridized carbons (Fsp3) is 0.444. The third kappa shape index (κ3) is 5.62. The molecule has 2 aliphatic heterocycles. The van der Waals surface area contributed by atoms with Gasteiger partial charge in [0, 0.05) is 24.1 Å². The summed E-state index contributed by atoms with van der Waals surface area (Å²) in [7, 11) is 0. The lowest BCUT2D eigenvalue weighted by molar-refractivity contribution is -0.304. The molecule has 1 fully saturated rings. The molecular formula is C27H26F7N3O3S. The van der Waals surface area contributed by atoms with Crippen molar-refractivity contribution in [3.63, 3.8) is 0 Å². The number of carbonyl (C=O) groups excluding carboxylic acids is 3. The number of carbonyl (C=O) groups is 3. The molecule has 4 rings (SSSR count). The van der Waals surface area contributed by atoms with Crippen molar-refractivity contribution in [2.24, 2.45) is 0 Å². The number of hydrogen-bond donors (Lipinski definition) is 1. The van der Waals surface area contributed by atoms with Crippen molar-refractivity contribution < 1.29 is 45.1 Å². The van der Waals surface area contributed by atoms with Crippen LogP contribution in [0.5, 0.6) is 0 Å². The van der Waals surface area contributed by atoms with Gasteiger partial charge in [0.1, 0.15) is 11.7 Å². The average Bonchev–Trinajstić information content (AvgIpc) is 3.24. The summed E-state index contributed by atoms with van der Waals surface area (Å²) in [5.74, 6) is -2.59. The van der Waals surface area contributed by atoms with E-state index in [9.17, 15) is 45.1 Å². The maximum Gasteiger partial charge on any atom is 0.407 e. The maximum absolute atomic E-state index is 14.2. The molecule has 1 saturated heterocycles. The molecule has 2 aromatic rings. The van der Waals surface area contributed by atoms with E-state index in [4.69, 9.17) is 0 Å². The molecule has 1 atom stereocenters. The van der Waals surface area contributed by atoms with Gasteiger partial charge in [-0.15, -0.1) is 11.8 Å². The molecule has 14 heteroatoms. The first-order chi connectivity index (χ1) is 18.9. The minimum atomic E-state index is -5.93. The van der Waals surface area contributed by atoms with Crippen molar-refractivity contribution in [3.05, 3.63) is 59.2 Å². The molecule has 1 N–H and O–H groups in total. The topological polar surface area (TPSA) is 69.7 Å². The summed E-state index contributed by atoms with van der Waals surface area (Å²) in [5.41, 5.74) is -6.53. The van der Waals surface area contributed by atoms with Gasteiger partial charge in [-0.3, -0.25) is 14.4 Å². The van der Waals surface area contributed by atoms with Gasteiger partial charge in [0.2, 0.25) is 11.8 Å². The molecule has 2 heterocycles. The lowest BCUT2D eigenvalue weighted by Crippen LogP contribution is -2.62. The maximum atomic E-state index is 14.2. The lowest BCUT2D eigenvalue weighted by atomic mass is 9.75. The van der Waals surface area contributed by atoms with Crippen molar-refractivity contribution in [1.29, 1.82) is 0 Å². The number of fused-ring (bicyclic) bond motifs is 1. The van der Waals surface area contributed by atoms with Gasteiger partial charge >= 0.3 is 12.4 Å². The zero-order valence-corrected chi connectivity index (χ0v) is 22.9. The molecule has 0 aromatic heterocycles. The molecule has 0 saturated carbocycles. The second kappa shape index (κ2) is 10.5. The Bertz CT molecular complexity index is 1340. The van der Waals surface area contributed by atoms with Gasteiger partial charge in [-0.1, -0.05) is 18.2 Å². The van der Waals surface area contributed by atoms with Gasteiger partial charge < -0.3 is 15.1 Å². The van der Waals surface area contributed by atoms with E-state index < -0.39 is 72.3 Å². The molecule has 2 aromatic carbocycles. The number of likely N-dealkylation sites (tertiary alicyclic amines) is 1. The largest absolute Gasteiger partial charge is 0.407 e. The highest BCUT2D eigenvalue weighted by Crippen LogP contribution is 2.55. The highest BCUT2D eigenvalue weighted by atomic mass is 32.2. The van der Waals surface area contributed by atoms with E-state index in [1.54, 1.807) is 12.1 Å². The van der Waals surface area contributed by atoms with Crippen LogP contribution in [-0.2, 0) is 26.3 Å². The van der Waals surface area contributed by atoms with E-state index in [0.29, 0.717) is 22.6 Å². The van der Waals surface area contributed by atoms with E-state index >= 15 is 0 Å². The first-order valence-electron chi connectivity index (χ1n) is 12.4. The average molecular weight is 606 g/mol. The summed E-state index contributed by atoms with van der Waals surface area (Å²) in [6, 6.07) is 7.09. The normalized spacial score (nSPS) is 18.5. The number of amides is 3. The van der Waals surface area contributed by atoms with Gasteiger partial charge in [-0.2, -0.15) is 26.3 Å². The summed E-state index contributed by atoms with van der Waals surface area (Å²) in [6.07, 6.45) is -12.0. The summed E-state index contributed by atoms with van der Waals surface area (Å²) in [4.78, 5) is 40.7. The van der Waals surface area contributed by atoms with Crippen LogP contribution in [0.15, 0.2) is 47.4 Å². The number of thioether (sulfide) groups is 1. The summed E-state index contributed by atoms with van der Waals surface area (Å²) >= 11 is 1.47. The number of anilines is 1. The first kappa shape index (κ1) is 30.7. The van der Waals surface area contributed by atoms with Crippen molar-refractivity contribution in [2.45, 2.75) is 61.2 Å². The van der Waals surface area contributed by atoms with Crippen LogP contribution in [0, 0.1) is 0 Å². The van der Waals surface area contributed by atoms with Gasteiger partial charge in [-0.05, 0) is 54.1 Å². The summed E-state index contributed by atoms with van der Waals surface area (Å²) in [5, 5.41) is 2.46. The number of halogens is 7. The lowest BCUT2D eigenvalue weighted by Gasteiger charge is -2.45. The summed E-state index contributed by atoms with van der Waals surface area (Å²) in [6.45, 7) is 1.31. The van der Waals surface area contributed by atoms with Crippen LogP contribution in [0.1, 0.15) is 43.0 Å². The predicted molar refractivity (Wildman–Crippen MR) is 137 cm³/mol. The number of rotatable bonds is 6. The zero-order chi connectivity index (χ0) is 30.5. The highest BCUT2D eigenvalue weighted by molar-refractivity contribution is 7.98. The molecule has 41 heavy (non-hydrogen) atoms. The van der Waals surface area contributed by atoms with Crippen LogP contribution >= 0.6 is 11.8 Å². The van der Waals surface area contributed by atoms with Gasteiger partial charge in [0.05, 0.1) is 19.5 Å². The fourth-order valence-corrected chi connectivity index (χ4v) is 5.70. The Morgan fingerprint density at radius 2 is 1.59 bits per heavy atom. The standard InChI is InChI=1S/C27H26F7N3O3S/c1-15(38)37-12-16-10-19(41-3)8-9-20(16)22(37)23(40)35-18-6-4-17(5-7-18)25(26(29,30)31,27(32,33)34)11-21(39)36-13-24(2,28)14-36/h4-10,22H,11-14H2,1-3H3,(H,35,40). The Morgan fingerprint density at radius 1 is 1.00 bits per heavy atom. The second-order valence-corrected chi connectivity index (χ2v) is 11.3. The first-order valence-corrected chi connectivity index (χ1v) is 13.6. The van der Waals surface area contributed by atoms with Crippen molar-refractivity contribution in [1.82, 2.24) is 9.80 Å². The number of nitrogens with zero attached hydrogens (tertiary/aromatic N) is 2. The molecule has 1 unspecified atom stereocenters. The Morgan fingerprint density at radius 3 is 2.07 bits per heavy atom. The Kier molecular flexibility index (Phi) is 7.87. The van der Waals surface area contributed by atoms with Crippen LogP contribution in [0.2, 0.25) is 0 Å². The number of benzene rings is 2. The molecule has 222 valence electrons. The van der Waals surface area contributed by atoms with Crippen LogP contribution < -0.4 is 5.32 Å². The van der Waals surface area contributed by atoms with Crippen molar-refractivity contribution in [2.75, 3.05) is 24.7 Å². The fourth-order valence-electron chi connectivity index (χ4n) is 5.24. The third-order valence-electron chi connectivity index (χ3n) is 7.37. The van der Waals surface area contributed by atoms with E-state index in [2.05, 4.69) is 5.32 Å². The van der Waals surface area contributed by atoms with Gasteiger partial charge in [0.25, 0.3) is 5.91 Å². The van der Waals surface area contributed by atoms with E-state index in [-0.39, 0.29) is 12.2 Å². The number of nitrogens with one attached hydrogen (secondary N) is 1.